The Balaban J connectivity index is 1.94. The molecule has 3 atom stereocenters. The van der Waals surface area contributed by atoms with Crippen LogP contribution in [0, 0.1) is 0 Å². The lowest BCUT2D eigenvalue weighted by Gasteiger charge is -2.36. The van der Waals surface area contributed by atoms with Gasteiger partial charge in [-0.3, -0.25) is 19.4 Å². The van der Waals surface area contributed by atoms with Crippen molar-refractivity contribution >= 4 is 67.0 Å². The molecule has 53 heavy (non-hydrogen) atoms. The average molecular weight is 816 g/mol. The second-order valence-electron chi connectivity index (χ2n) is 15.6. The van der Waals surface area contributed by atoms with Gasteiger partial charge in [-0.1, -0.05) is 79.8 Å². The van der Waals surface area contributed by atoms with Gasteiger partial charge < -0.3 is 29.3 Å². The van der Waals surface area contributed by atoms with Gasteiger partial charge in [0.15, 0.2) is 0 Å². The van der Waals surface area contributed by atoms with E-state index in [0.29, 0.717) is 24.3 Å². The van der Waals surface area contributed by atoms with Gasteiger partial charge in [0, 0.05) is 19.4 Å². The lowest BCUT2D eigenvalue weighted by atomic mass is 10.0. The maximum atomic E-state index is 14.3. The molecule has 0 bridgehead atoms. The van der Waals surface area contributed by atoms with Gasteiger partial charge in [-0.2, -0.15) is 0 Å². The van der Waals surface area contributed by atoms with Crippen LogP contribution in [0.3, 0.4) is 0 Å². The van der Waals surface area contributed by atoms with Crippen LogP contribution in [0.5, 0.6) is 11.5 Å². The number of halogens is 3. The van der Waals surface area contributed by atoms with Crippen LogP contribution in [0.1, 0.15) is 65.5 Å². The number of rotatable bonds is 13. The van der Waals surface area contributed by atoms with E-state index >= 15 is 0 Å². The zero-order valence-corrected chi connectivity index (χ0v) is 35.2. The summed E-state index contributed by atoms with van der Waals surface area (Å²) in [5.41, 5.74) is 3.57. The van der Waals surface area contributed by atoms with Gasteiger partial charge >= 0.3 is 12.1 Å². The van der Waals surface area contributed by atoms with E-state index in [2.05, 4.69) is 49.9 Å². The molecule has 0 spiro atoms. The molecule has 0 radical (unpaired) electrons. The van der Waals surface area contributed by atoms with Crippen molar-refractivity contribution in [2.45, 2.75) is 113 Å². The third-order valence-electron chi connectivity index (χ3n) is 8.85. The molecule has 12 nitrogen and oxygen atoms in total. The van der Waals surface area contributed by atoms with E-state index in [1.54, 1.807) is 52.1 Å². The number of carbonyl (C=O) groups excluding carboxylic acids is 4. The first kappa shape index (κ1) is 44.2. The standard InChI is InChI=1S/C37H53Cl3N4O8Si/c1-35(2,3)51-34(48)42-29(21-24-15-17-26(49-7)18-16-24)31(45)41-30(22-25-12-10-13-27(20-25)52-53(8,9)36(4,5)6)32(46)44-19-11-14-28(43-44)33(47)50-23-37(38,39)40/h10,12-13,15-18,20,28-30,43H,11,14,19,21-23H2,1-9H3,(H,41,45)(H,42,48)/t28?,29-,30-/m0/s1. The summed E-state index contributed by atoms with van der Waals surface area (Å²) in [5.74, 6) is -0.527. The minimum atomic E-state index is -2.20. The molecule has 3 amide bonds. The second kappa shape index (κ2) is 18.4. The van der Waals surface area contributed by atoms with Gasteiger partial charge in [-0.05, 0) is 87.1 Å². The Kier molecular flexibility index (Phi) is 15.3. The third-order valence-corrected chi connectivity index (χ3v) is 13.5. The molecular weight excluding hydrogens is 763 g/mol. The maximum absolute atomic E-state index is 14.3. The number of nitrogens with one attached hydrogen (secondary N) is 3. The number of esters is 1. The molecule has 1 fully saturated rings. The smallest absolute Gasteiger partial charge is 0.408 e. The maximum Gasteiger partial charge on any atom is 0.408 e. The lowest BCUT2D eigenvalue weighted by Crippen LogP contribution is -2.62. The molecule has 0 aliphatic carbocycles. The van der Waals surface area contributed by atoms with Gasteiger partial charge in [-0.25, -0.2) is 10.2 Å². The molecule has 0 aromatic heterocycles. The van der Waals surface area contributed by atoms with Gasteiger partial charge in [-0.15, -0.1) is 0 Å². The van der Waals surface area contributed by atoms with Crippen molar-refractivity contribution < 1.29 is 37.8 Å². The number of carbonyl (C=O) groups is 4. The summed E-state index contributed by atoms with van der Waals surface area (Å²) >= 11 is 17.3. The molecule has 16 heteroatoms. The Morgan fingerprint density at radius 2 is 1.55 bits per heavy atom. The summed E-state index contributed by atoms with van der Waals surface area (Å²) < 4.78 is 20.6. The SMILES string of the molecule is COc1ccc(C[C@H](NC(=O)OC(C)(C)C)C(=O)N[C@@H](Cc2cccc(O[Si](C)(C)C(C)(C)C)c2)C(=O)N2CCCC(C(=O)OCC(Cl)(Cl)Cl)N2)cc1. The molecule has 1 aliphatic rings. The normalized spacial score (nSPS) is 16.5. The van der Waals surface area contributed by atoms with Gasteiger partial charge in [0.1, 0.15) is 41.8 Å². The number of methoxy groups -OCH3 is 1. The minimum Gasteiger partial charge on any atom is -0.543 e. The van der Waals surface area contributed by atoms with Gasteiger partial charge in [0.05, 0.1) is 7.11 Å². The topological polar surface area (TPSA) is 145 Å². The van der Waals surface area contributed by atoms with Crippen LogP contribution in [-0.2, 0) is 36.7 Å². The summed E-state index contributed by atoms with van der Waals surface area (Å²) in [6.45, 7) is 15.7. The minimum absolute atomic E-state index is 0.0497. The average Bonchev–Trinajstić information content (AvgIpc) is 3.05. The van der Waals surface area contributed by atoms with Crippen LogP contribution in [-0.4, -0.2) is 85.0 Å². The number of alkyl halides is 3. The fraction of sp³-hybridized carbons (Fsp3) is 0.568. The number of hydrogen-bond donors (Lipinski definition) is 3. The Bertz CT molecular complexity index is 1580. The summed E-state index contributed by atoms with van der Waals surface area (Å²) in [4.78, 5) is 54.3. The highest BCUT2D eigenvalue weighted by molar-refractivity contribution is 6.74. The van der Waals surface area contributed by atoms with Crippen molar-refractivity contribution in [2.75, 3.05) is 20.3 Å². The van der Waals surface area contributed by atoms with E-state index in [1.165, 1.54) is 5.01 Å². The van der Waals surface area contributed by atoms with Crippen molar-refractivity contribution in [1.82, 2.24) is 21.1 Å². The lowest BCUT2D eigenvalue weighted by molar-refractivity contribution is -0.153. The summed E-state index contributed by atoms with van der Waals surface area (Å²) in [7, 11) is -0.646. The first-order chi connectivity index (χ1) is 24.5. The fourth-order valence-corrected chi connectivity index (χ4v) is 6.29. The van der Waals surface area contributed by atoms with Crippen molar-refractivity contribution in [3.63, 3.8) is 0 Å². The van der Waals surface area contributed by atoms with Crippen molar-refractivity contribution in [3.05, 3.63) is 59.7 Å². The van der Waals surface area contributed by atoms with Crippen LogP contribution in [0.4, 0.5) is 4.79 Å². The number of ether oxygens (including phenoxy) is 3. The van der Waals surface area contributed by atoms with Crippen molar-refractivity contribution in [3.8, 4) is 11.5 Å². The number of nitrogens with zero attached hydrogens (tertiary/aromatic N) is 1. The molecule has 0 saturated carbocycles. The van der Waals surface area contributed by atoms with E-state index in [-0.39, 0.29) is 24.4 Å². The Labute approximate surface area is 329 Å². The van der Waals surface area contributed by atoms with Crippen molar-refractivity contribution in [1.29, 1.82) is 0 Å². The van der Waals surface area contributed by atoms with Gasteiger partial charge in [0.2, 0.25) is 18.0 Å². The molecule has 1 saturated heterocycles. The first-order valence-corrected chi connectivity index (χ1v) is 21.5. The Morgan fingerprint density at radius 3 is 2.13 bits per heavy atom. The first-order valence-electron chi connectivity index (χ1n) is 17.5. The molecule has 1 heterocycles. The highest BCUT2D eigenvalue weighted by Gasteiger charge is 2.39. The number of alkyl carbamates (subject to hydrolysis) is 1. The molecule has 3 rings (SSSR count). The van der Waals surface area contributed by atoms with E-state index in [9.17, 15) is 19.2 Å². The highest BCUT2D eigenvalue weighted by Crippen LogP contribution is 2.37. The zero-order chi connectivity index (χ0) is 39.8. The Morgan fingerprint density at radius 1 is 0.906 bits per heavy atom. The van der Waals surface area contributed by atoms with Crippen molar-refractivity contribution in [2.24, 2.45) is 0 Å². The summed E-state index contributed by atoms with van der Waals surface area (Å²) in [6.07, 6.45) is 0.199. The summed E-state index contributed by atoms with van der Waals surface area (Å²) in [6, 6.07) is 11.3. The molecule has 1 unspecified atom stereocenters. The predicted molar refractivity (Wildman–Crippen MR) is 209 cm³/mol. The molecule has 1 aliphatic heterocycles. The van der Waals surface area contributed by atoms with Crippen LogP contribution in [0.15, 0.2) is 48.5 Å². The molecule has 3 N–H and O–H groups in total. The number of hydrogen-bond acceptors (Lipinski definition) is 9. The van der Waals surface area contributed by atoms with E-state index in [4.69, 9.17) is 53.4 Å². The summed E-state index contributed by atoms with van der Waals surface area (Å²) in [5, 5.41) is 6.82. The molecule has 2 aromatic carbocycles. The predicted octanol–water partition coefficient (Wildman–Crippen LogP) is 6.65. The number of amides is 3. The Hall–Kier alpha value is -3.23. The van der Waals surface area contributed by atoms with Crippen LogP contribution in [0.2, 0.25) is 18.1 Å². The van der Waals surface area contributed by atoms with E-state index < -0.39 is 66.3 Å². The number of hydrazine groups is 1. The fourth-order valence-electron chi connectivity index (χ4n) is 5.10. The second-order valence-corrected chi connectivity index (χ2v) is 22.8. The zero-order valence-electron chi connectivity index (χ0n) is 31.9. The molecule has 294 valence electrons. The quantitative estimate of drug-likeness (QED) is 0.115. The van der Waals surface area contributed by atoms with E-state index in [0.717, 1.165) is 11.1 Å². The molecular formula is C37H53Cl3N4O8Si. The van der Waals surface area contributed by atoms with Crippen LogP contribution in [0.25, 0.3) is 0 Å². The van der Waals surface area contributed by atoms with E-state index in [1.807, 2.05) is 24.3 Å². The van der Waals surface area contributed by atoms with Crippen LogP contribution >= 0.6 is 34.8 Å². The molecule has 2 aromatic rings. The third kappa shape index (κ3) is 14.5. The monoisotopic (exact) mass is 814 g/mol. The largest absolute Gasteiger partial charge is 0.543 e. The number of benzene rings is 2. The van der Waals surface area contributed by atoms with Gasteiger partial charge in [0.25, 0.3) is 5.91 Å². The highest BCUT2D eigenvalue weighted by atomic mass is 35.6. The van der Waals surface area contributed by atoms with Crippen LogP contribution < -0.4 is 25.2 Å².